The van der Waals surface area contributed by atoms with Crippen molar-refractivity contribution in [2.75, 3.05) is 25.9 Å². The van der Waals surface area contributed by atoms with E-state index in [-0.39, 0.29) is 22.4 Å². The number of hydrogen-bond donors (Lipinski definition) is 2. The summed E-state index contributed by atoms with van der Waals surface area (Å²) in [5, 5.41) is 10.4. The van der Waals surface area contributed by atoms with E-state index in [1.807, 2.05) is 0 Å². The first-order chi connectivity index (χ1) is 11.7. The molecule has 0 aliphatic carbocycles. The van der Waals surface area contributed by atoms with Crippen molar-refractivity contribution < 1.29 is 13.2 Å². The Morgan fingerprint density at radius 3 is 2.56 bits per heavy atom. The number of alkyl halides is 3. The van der Waals surface area contributed by atoms with E-state index < -0.39 is 12.7 Å². The van der Waals surface area contributed by atoms with Crippen molar-refractivity contribution in [2.24, 2.45) is 5.92 Å². The van der Waals surface area contributed by atoms with Crippen molar-refractivity contribution in [2.45, 2.75) is 32.0 Å². The predicted octanol–water partition coefficient (Wildman–Crippen LogP) is 2.35. The zero-order valence-corrected chi connectivity index (χ0v) is 14.4. The molecule has 0 amide bonds. The molecule has 1 fully saturated rings. The van der Waals surface area contributed by atoms with E-state index in [4.69, 9.17) is 17.3 Å². The number of nitrogen functional groups attached to an aromatic ring is 1. The lowest BCUT2D eigenvalue weighted by Gasteiger charge is -2.28. The number of nitrogens with two attached hydrogens (primary N) is 1. The standard InChI is InChI=1S/C14H19ClF3N7/c1-24-4-2-8(3-5-24)6-9-20-13(11-10(15)12(19)22-21-11)25(23-9)7-14(16,17)18/h8H,2-7H2,1H3,(H3,19,21,22). The van der Waals surface area contributed by atoms with Crippen LogP contribution in [0.3, 0.4) is 0 Å². The van der Waals surface area contributed by atoms with Gasteiger partial charge in [0, 0.05) is 6.42 Å². The Morgan fingerprint density at radius 2 is 2.00 bits per heavy atom. The number of nitrogens with zero attached hydrogens (tertiary/aromatic N) is 5. The van der Waals surface area contributed by atoms with E-state index in [9.17, 15) is 13.2 Å². The molecule has 1 aliphatic heterocycles. The number of rotatable bonds is 4. The molecule has 2 aromatic heterocycles. The lowest BCUT2D eigenvalue weighted by molar-refractivity contribution is -0.142. The molecule has 3 rings (SSSR count). The van der Waals surface area contributed by atoms with Gasteiger partial charge in [0.2, 0.25) is 0 Å². The van der Waals surface area contributed by atoms with Crippen LogP contribution in [0.5, 0.6) is 0 Å². The van der Waals surface area contributed by atoms with Crippen LogP contribution >= 0.6 is 11.6 Å². The number of aromatic amines is 1. The Hall–Kier alpha value is -1.81. The van der Waals surface area contributed by atoms with E-state index in [2.05, 4.69) is 32.2 Å². The van der Waals surface area contributed by atoms with E-state index >= 15 is 0 Å². The number of piperidine rings is 1. The number of H-pyrrole nitrogens is 1. The third-order valence-corrected chi connectivity index (χ3v) is 4.69. The molecular weight excluding hydrogens is 359 g/mol. The van der Waals surface area contributed by atoms with Crippen LogP contribution in [0, 0.1) is 5.92 Å². The fourth-order valence-electron chi connectivity index (χ4n) is 2.96. The van der Waals surface area contributed by atoms with Crippen LogP contribution in [0.15, 0.2) is 0 Å². The van der Waals surface area contributed by atoms with Crippen LogP contribution in [-0.2, 0) is 13.0 Å². The molecule has 0 spiro atoms. The van der Waals surface area contributed by atoms with E-state index in [1.54, 1.807) is 0 Å². The second-order valence-electron chi connectivity index (χ2n) is 6.37. The average Bonchev–Trinajstić information content (AvgIpc) is 3.04. The van der Waals surface area contributed by atoms with E-state index in [1.165, 1.54) is 0 Å². The van der Waals surface area contributed by atoms with Crippen molar-refractivity contribution in [3.63, 3.8) is 0 Å². The van der Waals surface area contributed by atoms with Gasteiger partial charge in [0.25, 0.3) is 0 Å². The molecule has 7 nitrogen and oxygen atoms in total. The van der Waals surface area contributed by atoms with Gasteiger partial charge in [-0.3, -0.25) is 5.10 Å². The summed E-state index contributed by atoms with van der Waals surface area (Å²) in [4.78, 5) is 6.51. The first-order valence-electron chi connectivity index (χ1n) is 7.91. The van der Waals surface area contributed by atoms with Crippen molar-refractivity contribution >= 4 is 17.4 Å². The zero-order valence-electron chi connectivity index (χ0n) is 13.6. The minimum absolute atomic E-state index is 0.00514. The van der Waals surface area contributed by atoms with Gasteiger partial charge < -0.3 is 10.6 Å². The molecule has 0 saturated carbocycles. The number of hydrogen-bond acceptors (Lipinski definition) is 5. The molecule has 11 heteroatoms. The lowest BCUT2D eigenvalue weighted by Crippen LogP contribution is -2.31. The van der Waals surface area contributed by atoms with Gasteiger partial charge in [0.1, 0.15) is 17.3 Å². The van der Waals surface area contributed by atoms with Crippen LogP contribution in [0.1, 0.15) is 18.7 Å². The normalized spacial score (nSPS) is 17.3. The summed E-state index contributed by atoms with van der Waals surface area (Å²) in [7, 11) is 2.05. The van der Waals surface area contributed by atoms with Crippen LogP contribution in [0.4, 0.5) is 19.0 Å². The molecule has 0 atom stereocenters. The monoisotopic (exact) mass is 377 g/mol. The van der Waals surface area contributed by atoms with Crippen molar-refractivity contribution in [1.29, 1.82) is 0 Å². The molecule has 1 saturated heterocycles. The molecule has 138 valence electrons. The van der Waals surface area contributed by atoms with Gasteiger partial charge in [0.15, 0.2) is 17.5 Å². The topological polar surface area (TPSA) is 88.6 Å². The number of nitrogens with one attached hydrogen (secondary N) is 1. The summed E-state index contributed by atoms with van der Waals surface area (Å²) in [6, 6.07) is 0. The predicted molar refractivity (Wildman–Crippen MR) is 87.0 cm³/mol. The summed E-state index contributed by atoms with van der Waals surface area (Å²) >= 11 is 6.02. The number of halogens is 4. The molecule has 3 N–H and O–H groups in total. The SMILES string of the molecule is CN1CCC(Cc2nc(-c3[nH]nc(N)c3Cl)n(CC(F)(F)F)n2)CC1. The summed E-state index contributed by atoms with van der Waals surface area (Å²) < 4.78 is 39.4. The quantitative estimate of drug-likeness (QED) is 0.853. The molecule has 25 heavy (non-hydrogen) atoms. The highest BCUT2D eigenvalue weighted by atomic mass is 35.5. The maximum absolute atomic E-state index is 12.9. The van der Waals surface area contributed by atoms with Gasteiger partial charge in [0.05, 0.1) is 0 Å². The Labute approximate surface area is 147 Å². The lowest BCUT2D eigenvalue weighted by atomic mass is 9.94. The van der Waals surface area contributed by atoms with Crippen molar-refractivity contribution in [1.82, 2.24) is 29.9 Å². The highest BCUT2D eigenvalue weighted by Crippen LogP contribution is 2.31. The third kappa shape index (κ3) is 4.24. The van der Waals surface area contributed by atoms with Crippen molar-refractivity contribution in [3.05, 3.63) is 10.8 Å². The molecule has 1 aliphatic rings. The molecule has 2 aromatic rings. The number of anilines is 1. The number of aromatic nitrogens is 5. The maximum Gasteiger partial charge on any atom is 0.408 e. The Bertz CT molecular complexity index is 731. The number of likely N-dealkylation sites (tertiary alicyclic amines) is 1. The Morgan fingerprint density at radius 1 is 1.32 bits per heavy atom. The summed E-state index contributed by atoms with van der Waals surface area (Å²) in [5.41, 5.74) is 5.71. The highest BCUT2D eigenvalue weighted by Gasteiger charge is 2.32. The third-order valence-electron chi connectivity index (χ3n) is 4.31. The molecular formula is C14H19ClF3N7. The first-order valence-corrected chi connectivity index (χ1v) is 8.29. The Balaban J connectivity index is 1.87. The highest BCUT2D eigenvalue weighted by molar-refractivity contribution is 6.35. The molecule has 0 unspecified atom stereocenters. The molecule has 0 radical (unpaired) electrons. The average molecular weight is 378 g/mol. The second kappa shape index (κ2) is 6.83. The zero-order chi connectivity index (χ0) is 18.2. The van der Waals surface area contributed by atoms with Crippen LogP contribution in [0.2, 0.25) is 5.02 Å². The van der Waals surface area contributed by atoms with Crippen LogP contribution < -0.4 is 5.73 Å². The van der Waals surface area contributed by atoms with Gasteiger partial charge in [-0.1, -0.05) is 11.6 Å². The van der Waals surface area contributed by atoms with E-state index in [0.717, 1.165) is 30.6 Å². The van der Waals surface area contributed by atoms with Gasteiger partial charge in [-0.2, -0.15) is 23.4 Å². The summed E-state index contributed by atoms with van der Waals surface area (Å²) in [6.07, 6.45) is -1.95. The molecule has 0 aromatic carbocycles. The fourth-order valence-corrected chi connectivity index (χ4v) is 3.12. The maximum atomic E-state index is 12.9. The van der Waals surface area contributed by atoms with E-state index in [0.29, 0.717) is 18.2 Å². The fraction of sp³-hybridized carbons (Fsp3) is 0.643. The smallest absolute Gasteiger partial charge is 0.381 e. The van der Waals surface area contributed by atoms with Gasteiger partial charge in [-0.05, 0) is 38.9 Å². The van der Waals surface area contributed by atoms with Gasteiger partial charge in [-0.15, -0.1) is 0 Å². The van der Waals surface area contributed by atoms with Crippen LogP contribution in [0.25, 0.3) is 11.5 Å². The van der Waals surface area contributed by atoms with Gasteiger partial charge in [-0.25, -0.2) is 9.67 Å². The summed E-state index contributed by atoms with van der Waals surface area (Å²) in [6.45, 7) is 0.672. The minimum atomic E-state index is -4.43. The second-order valence-corrected chi connectivity index (χ2v) is 6.75. The molecule has 3 heterocycles. The van der Waals surface area contributed by atoms with Crippen molar-refractivity contribution in [3.8, 4) is 11.5 Å². The Kier molecular flexibility index (Phi) is 4.92. The molecule has 0 bridgehead atoms. The van der Waals surface area contributed by atoms with Crippen LogP contribution in [-0.4, -0.2) is 56.2 Å². The first kappa shape index (κ1) is 18.0. The summed E-state index contributed by atoms with van der Waals surface area (Å²) in [5.74, 6) is 0.732. The minimum Gasteiger partial charge on any atom is -0.381 e. The largest absolute Gasteiger partial charge is 0.408 e. The van der Waals surface area contributed by atoms with Gasteiger partial charge >= 0.3 is 6.18 Å².